The van der Waals surface area contributed by atoms with Gasteiger partial charge in [-0.25, -0.2) is 17.6 Å². The lowest BCUT2D eigenvalue weighted by Crippen LogP contribution is -2.09. The molecule has 0 saturated carbocycles. The van der Waals surface area contributed by atoms with E-state index < -0.39 is 38.0 Å². The van der Waals surface area contributed by atoms with Crippen molar-refractivity contribution in [2.24, 2.45) is 0 Å². The van der Waals surface area contributed by atoms with Gasteiger partial charge in [-0.15, -0.1) is 0 Å². The average Bonchev–Trinajstić information content (AvgIpc) is 2.51. The standard InChI is InChI=1S/C16H14ClFO5S/c1-9-3-4-10(13(18)5-9)8-24(21,22)14-7-11(16(20)23-2)6-12(17)15(14)19/h3-7,19H,8H2,1-2H3. The van der Waals surface area contributed by atoms with E-state index in [1.165, 1.54) is 12.1 Å². The van der Waals surface area contributed by atoms with Crippen molar-refractivity contribution in [3.8, 4) is 5.75 Å². The summed E-state index contributed by atoms with van der Waals surface area (Å²) in [5.41, 5.74) is 0.454. The highest BCUT2D eigenvalue weighted by Crippen LogP contribution is 2.34. The second-order valence-electron chi connectivity index (χ2n) is 5.15. The Balaban J connectivity index is 2.52. The maximum absolute atomic E-state index is 13.9. The number of ether oxygens (including phenoxy) is 1. The Kier molecular flexibility index (Phi) is 5.15. The van der Waals surface area contributed by atoms with Crippen LogP contribution in [0, 0.1) is 12.7 Å². The number of hydrogen-bond donors (Lipinski definition) is 1. The lowest BCUT2D eigenvalue weighted by atomic mass is 10.2. The number of phenolic OH excluding ortho intramolecular Hbond substituents is 1. The first-order chi connectivity index (χ1) is 11.2. The quantitative estimate of drug-likeness (QED) is 0.833. The Morgan fingerprint density at radius 2 is 1.96 bits per heavy atom. The van der Waals surface area contributed by atoms with Crippen molar-refractivity contribution in [2.75, 3.05) is 7.11 Å². The number of phenols is 1. The van der Waals surface area contributed by atoms with Gasteiger partial charge in [-0.05, 0) is 30.7 Å². The summed E-state index contributed by atoms with van der Waals surface area (Å²) in [5, 5.41) is 9.63. The number of methoxy groups -OCH3 is 1. The molecule has 0 aliphatic carbocycles. The van der Waals surface area contributed by atoms with E-state index in [-0.39, 0.29) is 16.1 Å². The van der Waals surface area contributed by atoms with Crippen LogP contribution >= 0.6 is 11.6 Å². The third kappa shape index (κ3) is 3.68. The van der Waals surface area contributed by atoms with Crippen LogP contribution in [0.1, 0.15) is 21.5 Å². The smallest absolute Gasteiger partial charge is 0.337 e. The molecule has 0 unspecified atom stereocenters. The maximum atomic E-state index is 13.9. The molecular formula is C16H14ClFO5S. The third-order valence-corrected chi connectivity index (χ3v) is 5.30. The zero-order valence-corrected chi connectivity index (χ0v) is 14.4. The van der Waals surface area contributed by atoms with E-state index in [1.54, 1.807) is 13.0 Å². The first-order valence-electron chi connectivity index (χ1n) is 6.74. The number of aryl methyl sites for hydroxylation is 1. The van der Waals surface area contributed by atoms with Gasteiger partial charge in [-0.1, -0.05) is 23.7 Å². The number of esters is 1. The predicted octanol–water partition coefficient (Wildman–Crippen LogP) is 3.25. The summed E-state index contributed by atoms with van der Waals surface area (Å²) in [4.78, 5) is 11.0. The topological polar surface area (TPSA) is 80.7 Å². The normalized spacial score (nSPS) is 11.3. The van der Waals surface area contributed by atoms with Crippen LogP contribution in [0.25, 0.3) is 0 Å². The molecule has 2 rings (SSSR count). The van der Waals surface area contributed by atoms with Crippen LogP contribution in [0.2, 0.25) is 5.02 Å². The van der Waals surface area contributed by atoms with Gasteiger partial charge in [0.15, 0.2) is 15.6 Å². The van der Waals surface area contributed by atoms with Crippen molar-refractivity contribution in [3.05, 3.63) is 57.9 Å². The fraction of sp³-hybridized carbons (Fsp3) is 0.188. The van der Waals surface area contributed by atoms with Crippen molar-refractivity contribution < 1.29 is 27.4 Å². The van der Waals surface area contributed by atoms with Gasteiger partial charge >= 0.3 is 5.97 Å². The molecule has 8 heteroatoms. The first kappa shape index (κ1) is 18.2. The Morgan fingerprint density at radius 1 is 1.29 bits per heavy atom. The van der Waals surface area contributed by atoms with Crippen LogP contribution in [-0.2, 0) is 20.3 Å². The molecule has 0 aliphatic heterocycles. The lowest BCUT2D eigenvalue weighted by Gasteiger charge is -2.11. The summed E-state index contributed by atoms with van der Waals surface area (Å²) in [7, 11) is -3.02. The molecule has 5 nitrogen and oxygen atoms in total. The Bertz CT molecular complexity index is 909. The summed E-state index contributed by atoms with van der Waals surface area (Å²) >= 11 is 5.78. The molecule has 0 saturated heterocycles. The van der Waals surface area contributed by atoms with E-state index >= 15 is 0 Å². The number of rotatable bonds is 4. The van der Waals surface area contributed by atoms with Gasteiger partial charge < -0.3 is 9.84 Å². The molecule has 128 valence electrons. The van der Waals surface area contributed by atoms with Crippen molar-refractivity contribution >= 4 is 27.4 Å². The number of benzene rings is 2. The summed E-state index contributed by atoms with van der Waals surface area (Å²) in [5.74, 6) is -2.87. The van der Waals surface area contributed by atoms with Gasteiger partial charge in [-0.3, -0.25) is 0 Å². The second kappa shape index (κ2) is 6.78. The predicted molar refractivity (Wildman–Crippen MR) is 86.5 cm³/mol. The highest BCUT2D eigenvalue weighted by atomic mass is 35.5. The molecule has 0 aromatic heterocycles. The van der Waals surface area contributed by atoms with Gasteiger partial charge in [0.2, 0.25) is 0 Å². The van der Waals surface area contributed by atoms with Gasteiger partial charge in [-0.2, -0.15) is 0 Å². The molecule has 0 atom stereocenters. The van der Waals surface area contributed by atoms with E-state index in [9.17, 15) is 22.7 Å². The molecule has 2 aromatic rings. The van der Waals surface area contributed by atoms with Crippen molar-refractivity contribution in [1.29, 1.82) is 0 Å². The molecule has 0 aliphatic rings. The minimum atomic E-state index is -4.15. The summed E-state index contributed by atoms with van der Waals surface area (Å²) < 4.78 is 43.5. The fourth-order valence-corrected chi connectivity index (χ4v) is 3.88. The van der Waals surface area contributed by atoms with Crippen molar-refractivity contribution in [2.45, 2.75) is 17.6 Å². The molecule has 0 heterocycles. The van der Waals surface area contributed by atoms with Crippen molar-refractivity contribution in [1.82, 2.24) is 0 Å². The van der Waals surface area contributed by atoms with Gasteiger partial charge in [0.05, 0.1) is 23.4 Å². The van der Waals surface area contributed by atoms with Gasteiger partial charge in [0, 0.05) is 5.56 Å². The number of halogens is 2. The molecule has 0 spiro atoms. The number of carbonyl (C=O) groups excluding carboxylic acids is 1. The van der Waals surface area contributed by atoms with Crippen LogP contribution in [-0.4, -0.2) is 26.6 Å². The number of carbonyl (C=O) groups is 1. The Hall–Kier alpha value is -2.12. The zero-order valence-electron chi connectivity index (χ0n) is 12.8. The largest absolute Gasteiger partial charge is 0.505 e. The highest BCUT2D eigenvalue weighted by Gasteiger charge is 2.25. The SMILES string of the molecule is COC(=O)c1cc(Cl)c(O)c(S(=O)(=O)Cc2ccc(C)cc2F)c1. The number of aromatic hydroxyl groups is 1. The Labute approximate surface area is 143 Å². The first-order valence-corrected chi connectivity index (χ1v) is 8.77. The van der Waals surface area contributed by atoms with E-state index in [2.05, 4.69) is 4.74 Å². The van der Waals surface area contributed by atoms with E-state index in [0.717, 1.165) is 19.2 Å². The molecule has 0 bridgehead atoms. The minimum absolute atomic E-state index is 0.0559. The molecule has 0 amide bonds. The van der Waals surface area contributed by atoms with Crippen LogP contribution in [0.3, 0.4) is 0 Å². The van der Waals surface area contributed by atoms with E-state index in [4.69, 9.17) is 11.6 Å². The zero-order chi connectivity index (χ0) is 18.1. The summed E-state index contributed by atoms with van der Waals surface area (Å²) in [6.45, 7) is 1.67. The molecule has 24 heavy (non-hydrogen) atoms. The summed E-state index contributed by atoms with van der Waals surface area (Å²) in [6, 6.07) is 6.18. The van der Waals surface area contributed by atoms with Crippen LogP contribution in [0.5, 0.6) is 5.75 Å². The minimum Gasteiger partial charge on any atom is -0.505 e. The molecule has 0 radical (unpaired) electrons. The molecule has 1 N–H and O–H groups in total. The van der Waals surface area contributed by atoms with E-state index in [1.807, 2.05) is 0 Å². The van der Waals surface area contributed by atoms with Gasteiger partial charge in [0.25, 0.3) is 0 Å². The Morgan fingerprint density at radius 3 is 2.54 bits per heavy atom. The molecule has 2 aromatic carbocycles. The maximum Gasteiger partial charge on any atom is 0.337 e. The third-order valence-electron chi connectivity index (χ3n) is 3.34. The van der Waals surface area contributed by atoms with Crippen LogP contribution in [0.4, 0.5) is 4.39 Å². The highest BCUT2D eigenvalue weighted by molar-refractivity contribution is 7.90. The van der Waals surface area contributed by atoms with Crippen LogP contribution in [0.15, 0.2) is 35.2 Å². The lowest BCUT2D eigenvalue weighted by molar-refractivity contribution is 0.0600. The van der Waals surface area contributed by atoms with E-state index in [0.29, 0.717) is 5.56 Å². The second-order valence-corrected chi connectivity index (χ2v) is 7.52. The average molecular weight is 373 g/mol. The monoisotopic (exact) mass is 372 g/mol. The molecular weight excluding hydrogens is 359 g/mol. The number of hydrogen-bond acceptors (Lipinski definition) is 5. The van der Waals surface area contributed by atoms with Crippen molar-refractivity contribution in [3.63, 3.8) is 0 Å². The molecule has 0 fully saturated rings. The fourth-order valence-electron chi connectivity index (χ4n) is 2.10. The van der Waals surface area contributed by atoms with Crippen LogP contribution < -0.4 is 0 Å². The summed E-state index contributed by atoms with van der Waals surface area (Å²) in [6.07, 6.45) is 0. The van der Waals surface area contributed by atoms with Gasteiger partial charge in [0.1, 0.15) is 10.7 Å². The number of sulfone groups is 1.